The average Bonchev–Trinajstić information content (AvgIpc) is 3.52. The van der Waals surface area contributed by atoms with Gasteiger partial charge in [-0.2, -0.15) is 0 Å². The summed E-state index contributed by atoms with van der Waals surface area (Å²) < 4.78 is 6.08. The maximum absolute atomic E-state index is 12.9. The molecule has 5 nitrogen and oxygen atoms in total. The quantitative estimate of drug-likeness (QED) is 0.434. The first-order valence-corrected chi connectivity index (χ1v) is 11.0. The largest absolute Gasteiger partial charge is 0.438 e. The van der Waals surface area contributed by atoms with E-state index in [1.54, 1.807) is 0 Å². The molecule has 30 heavy (non-hydrogen) atoms. The van der Waals surface area contributed by atoms with Crippen LogP contribution < -0.4 is 4.90 Å². The molecule has 1 aliphatic heterocycles. The second-order valence-electron chi connectivity index (χ2n) is 7.81. The van der Waals surface area contributed by atoms with Gasteiger partial charge >= 0.3 is 0 Å². The monoisotopic (exact) mass is 417 g/mol. The van der Waals surface area contributed by atoms with Crippen LogP contribution in [0.3, 0.4) is 0 Å². The topological polar surface area (TPSA) is 49.6 Å². The summed E-state index contributed by atoms with van der Waals surface area (Å²) in [5, 5.41) is 1.93. The number of nitrogens with zero attached hydrogens (tertiary/aromatic N) is 3. The molecule has 4 aromatic rings. The normalized spacial score (nSPS) is 16.3. The number of carbonyl (C=O) groups excluding carboxylic acids is 1. The summed E-state index contributed by atoms with van der Waals surface area (Å²) in [5.74, 6) is 0.698. The molecule has 0 saturated carbocycles. The minimum atomic E-state index is -0.102. The highest BCUT2D eigenvalue weighted by molar-refractivity contribution is 7.12. The van der Waals surface area contributed by atoms with E-state index in [1.807, 2.05) is 42.6 Å². The Kier molecular flexibility index (Phi) is 4.79. The van der Waals surface area contributed by atoms with Crippen molar-refractivity contribution in [2.75, 3.05) is 25.5 Å². The van der Waals surface area contributed by atoms with Crippen LogP contribution in [0.5, 0.6) is 0 Å². The second-order valence-corrected chi connectivity index (χ2v) is 8.76. The van der Waals surface area contributed by atoms with E-state index in [4.69, 9.17) is 9.40 Å². The fourth-order valence-electron chi connectivity index (χ4n) is 4.03. The summed E-state index contributed by atoms with van der Waals surface area (Å²) in [5.41, 5.74) is 5.00. The summed E-state index contributed by atoms with van der Waals surface area (Å²) in [6.45, 7) is 0.740. The lowest BCUT2D eigenvalue weighted by molar-refractivity contribution is 0.0722. The molecular formula is C24H23N3O2S. The summed E-state index contributed by atoms with van der Waals surface area (Å²) in [6.07, 6.45) is 1.84. The molecule has 1 aliphatic rings. The van der Waals surface area contributed by atoms with Gasteiger partial charge in [-0.3, -0.25) is 4.79 Å². The summed E-state index contributed by atoms with van der Waals surface area (Å²) in [6, 6.07) is 18.2. The highest BCUT2D eigenvalue weighted by atomic mass is 32.1. The predicted molar refractivity (Wildman–Crippen MR) is 121 cm³/mol. The van der Waals surface area contributed by atoms with Crippen molar-refractivity contribution in [1.82, 2.24) is 9.88 Å². The number of hydrogen-bond donors (Lipinski definition) is 0. The number of carbonyl (C=O) groups is 1. The third kappa shape index (κ3) is 3.37. The molecule has 0 bridgehead atoms. The Morgan fingerprint density at radius 1 is 1.13 bits per heavy atom. The van der Waals surface area contributed by atoms with Gasteiger partial charge in [0.25, 0.3) is 5.91 Å². The summed E-state index contributed by atoms with van der Waals surface area (Å²) >= 11 is 1.48. The van der Waals surface area contributed by atoms with Crippen LogP contribution in [0.2, 0.25) is 0 Å². The fraction of sp³-hybridized carbons (Fsp3) is 0.250. The number of fused-ring (bicyclic) bond motifs is 1. The minimum Gasteiger partial charge on any atom is -0.438 e. The van der Waals surface area contributed by atoms with E-state index in [0.29, 0.717) is 5.89 Å². The van der Waals surface area contributed by atoms with Gasteiger partial charge in [-0.1, -0.05) is 24.3 Å². The van der Waals surface area contributed by atoms with E-state index in [-0.39, 0.29) is 11.9 Å². The first-order valence-electron chi connectivity index (χ1n) is 10.1. The zero-order chi connectivity index (χ0) is 20.7. The van der Waals surface area contributed by atoms with Crippen LogP contribution >= 0.6 is 11.3 Å². The van der Waals surface area contributed by atoms with Crippen LogP contribution in [0.4, 0.5) is 5.69 Å². The van der Waals surface area contributed by atoms with Gasteiger partial charge in [-0.25, -0.2) is 4.98 Å². The molecule has 6 heteroatoms. The van der Waals surface area contributed by atoms with Crippen molar-refractivity contribution in [3.05, 3.63) is 70.7 Å². The maximum atomic E-state index is 12.9. The van der Waals surface area contributed by atoms with Crippen molar-refractivity contribution >= 4 is 34.0 Å². The van der Waals surface area contributed by atoms with Gasteiger partial charge in [-0.05, 0) is 59.7 Å². The van der Waals surface area contributed by atoms with Crippen molar-refractivity contribution in [2.45, 2.75) is 18.9 Å². The number of amides is 1. The van der Waals surface area contributed by atoms with E-state index in [9.17, 15) is 4.79 Å². The minimum absolute atomic E-state index is 0.0661. The Morgan fingerprint density at radius 2 is 1.93 bits per heavy atom. The molecule has 0 spiro atoms. The molecule has 5 rings (SSSR count). The Labute approximate surface area is 179 Å². The predicted octanol–water partition coefficient (Wildman–Crippen LogP) is 5.60. The van der Waals surface area contributed by atoms with Gasteiger partial charge in [0.15, 0.2) is 5.58 Å². The molecule has 1 saturated heterocycles. The average molecular weight is 418 g/mol. The summed E-state index contributed by atoms with van der Waals surface area (Å²) in [7, 11) is 4.07. The molecule has 2 aromatic carbocycles. The Morgan fingerprint density at radius 3 is 2.67 bits per heavy atom. The SMILES string of the molecule is CN(C)c1ccc(-c2ccc3oc([C@H]4CCCN4C(=O)c4cccs4)nc3c2)cc1. The fourth-order valence-corrected chi connectivity index (χ4v) is 4.71. The van der Waals surface area contributed by atoms with E-state index in [2.05, 4.69) is 41.3 Å². The number of hydrogen-bond acceptors (Lipinski definition) is 5. The van der Waals surface area contributed by atoms with Gasteiger partial charge < -0.3 is 14.2 Å². The molecular weight excluding hydrogens is 394 g/mol. The lowest BCUT2D eigenvalue weighted by Crippen LogP contribution is -2.30. The number of likely N-dealkylation sites (tertiary alicyclic amines) is 1. The van der Waals surface area contributed by atoms with Crippen LogP contribution in [-0.4, -0.2) is 36.4 Å². The molecule has 1 atom stereocenters. The molecule has 152 valence electrons. The van der Waals surface area contributed by atoms with Crippen molar-refractivity contribution in [3.8, 4) is 11.1 Å². The summed E-state index contributed by atoms with van der Waals surface area (Å²) in [4.78, 5) is 22.4. The number of anilines is 1. The van der Waals surface area contributed by atoms with Crippen LogP contribution in [0, 0.1) is 0 Å². The van der Waals surface area contributed by atoms with Gasteiger partial charge in [0, 0.05) is 26.3 Å². The number of benzene rings is 2. The highest BCUT2D eigenvalue weighted by Gasteiger charge is 2.34. The van der Waals surface area contributed by atoms with Gasteiger partial charge in [0.1, 0.15) is 11.6 Å². The zero-order valence-electron chi connectivity index (χ0n) is 17.0. The number of thiophene rings is 1. The van der Waals surface area contributed by atoms with Gasteiger partial charge in [0.05, 0.1) is 4.88 Å². The molecule has 3 heterocycles. The molecule has 0 unspecified atom stereocenters. The molecule has 2 aromatic heterocycles. The van der Waals surface area contributed by atoms with Gasteiger partial charge in [0.2, 0.25) is 5.89 Å². The maximum Gasteiger partial charge on any atom is 0.264 e. The number of aromatic nitrogens is 1. The Hall–Kier alpha value is -3.12. The molecule has 0 radical (unpaired) electrons. The first-order chi connectivity index (χ1) is 14.6. The van der Waals surface area contributed by atoms with Gasteiger partial charge in [-0.15, -0.1) is 11.3 Å². The molecule has 1 fully saturated rings. The standard InChI is InChI=1S/C24H23N3O2S/c1-26(2)18-10-7-16(8-11-18)17-9-12-21-19(15-17)25-23(29-21)20-5-3-13-27(20)24(28)22-6-4-14-30-22/h4,6-12,14-15,20H,3,5,13H2,1-2H3/t20-/m1/s1. The lowest BCUT2D eigenvalue weighted by Gasteiger charge is -2.21. The van der Waals surface area contributed by atoms with Crippen molar-refractivity contribution in [3.63, 3.8) is 0 Å². The van der Waals surface area contributed by atoms with Crippen LogP contribution in [0.25, 0.3) is 22.2 Å². The van der Waals surface area contributed by atoms with Crippen molar-refractivity contribution < 1.29 is 9.21 Å². The van der Waals surface area contributed by atoms with E-state index in [1.165, 1.54) is 17.0 Å². The smallest absolute Gasteiger partial charge is 0.264 e. The second kappa shape index (κ2) is 7.61. The van der Waals surface area contributed by atoms with Crippen molar-refractivity contribution in [2.24, 2.45) is 0 Å². The number of rotatable bonds is 4. The Balaban J connectivity index is 1.44. The van der Waals surface area contributed by atoms with Crippen molar-refractivity contribution in [1.29, 1.82) is 0 Å². The van der Waals surface area contributed by atoms with Crippen LogP contribution in [0.15, 0.2) is 64.4 Å². The molecule has 1 amide bonds. The van der Waals surface area contributed by atoms with E-state index in [0.717, 1.165) is 46.5 Å². The zero-order valence-corrected chi connectivity index (χ0v) is 17.9. The van der Waals surface area contributed by atoms with Crippen LogP contribution in [0.1, 0.15) is 34.4 Å². The Bertz CT molecular complexity index is 1180. The molecule has 0 N–H and O–H groups in total. The third-order valence-corrected chi connectivity index (χ3v) is 6.51. The van der Waals surface area contributed by atoms with E-state index >= 15 is 0 Å². The highest BCUT2D eigenvalue weighted by Crippen LogP contribution is 2.35. The number of oxazole rings is 1. The third-order valence-electron chi connectivity index (χ3n) is 5.65. The van der Waals surface area contributed by atoms with Crippen LogP contribution in [-0.2, 0) is 0 Å². The van der Waals surface area contributed by atoms with E-state index < -0.39 is 0 Å². The lowest BCUT2D eigenvalue weighted by atomic mass is 10.0. The molecule has 0 aliphatic carbocycles. The first kappa shape index (κ1) is 18.9.